The molecule has 0 heterocycles. The summed E-state index contributed by atoms with van der Waals surface area (Å²) >= 11 is 17.6. The van der Waals surface area contributed by atoms with E-state index in [0.717, 1.165) is 0 Å². The van der Waals surface area contributed by atoms with E-state index < -0.39 is 17.8 Å². The van der Waals surface area contributed by atoms with Crippen LogP contribution in [0.5, 0.6) is 5.75 Å². The summed E-state index contributed by atoms with van der Waals surface area (Å²) in [6.07, 6.45) is 0. The molecule has 33 heavy (non-hydrogen) atoms. The topological polar surface area (TPSA) is 96.9 Å². The van der Waals surface area contributed by atoms with Crippen LogP contribution < -0.4 is 15.5 Å². The number of benzene rings is 3. The van der Waals surface area contributed by atoms with Gasteiger partial charge in [0, 0.05) is 20.8 Å². The average molecular weight is 505 g/mol. The molecule has 0 aromatic heterocycles. The number of amides is 2. The third-order valence-electron chi connectivity index (χ3n) is 4.21. The first kappa shape index (κ1) is 24.3. The Morgan fingerprint density at radius 3 is 1.94 bits per heavy atom. The molecular formula is C23H16Cl3N3O4. The highest BCUT2D eigenvalue weighted by Crippen LogP contribution is 2.22. The molecule has 3 aromatic rings. The van der Waals surface area contributed by atoms with Crippen LogP contribution in [-0.4, -0.2) is 23.5 Å². The molecule has 7 nitrogen and oxygen atoms in total. The summed E-state index contributed by atoms with van der Waals surface area (Å²) in [5, 5.41) is 7.45. The smallest absolute Gasteiger partial charge is 0.343 e. The summed E-state index contributed by atoms with van der Waals surface area (Å²) < 4.78 is 5.31. The highest BCUT2D eigenvalue weighted by molar-refractivity contribution is 6.40. The van der Waals surface area contributed by atoms with Gasteiger partial charge in [-0.25, -0.2) is 10.2 Å². The van der Waals surface area contributed by atoms with Gasteiger partial charge in [-0.05, 0) is 79.2 Å². The quantitative estimate of drug-likeness (QED) is 0.161. The number of ether oxygens (including phenoxy) is 1. The van der Waals surface area contributed by atoms with Crippen LogP contribution in [0.2, 0.25) is 15.1 Å². The van der Waals surface area contributed by atoms with Crippen molar-refractivity contribution < 1.29 is 19.1 Å². The molecule has 10 heteroatoms. The van der Waals surface area contributed by atoms with Crippen molar-refractivity contribution in [2.24, 2.45) is 5.10 Å². The standard InChI is InChI=1S/C23H16Cl3N3O4/c1-13(28-29-22(31)21(30)27-19-11-17(25)10-18(26)12-19)14-4-8-20(9-5-14)33-23(32)15-2-6-16(24)7-3-15/h2-12H,1H3,(H,27,30)(H,29,31)/b28-13+. The van der Waals surface area contributed by atoms with Crippen LogP contribution in [0.3, 0.4) is 0 Å². The number of nitrogens with one attached hydrogen (secondary N) is 2. The summed E-state index contributed by atoms with van der Waals surface area (Å²) in [4.78, 5) is 36.2. The summed E-state index contributed by atoms with van der Waals surface area (Å²) in [6, 6.07) is 17.2. The van der Waals surface area contributed by atoms with Crippen molar-refractivity contribution >= 4 is 64.0 Å². The van der Waals surface area contributed by atoms with Gasteiger partial charge < -0.3 is 10.1 Å². The first-order chi connectivity index (χ1) is 15.7. The molecular weight excluding hydrogens is 489 g/mol. The van der Waals surface area contributed by atoms with Gasteiger partial charge in [0.1, 0.15) is 5.75 Å². The maximum absolute atomic E-state index is 12.2. The molecule has 0 saturated carbocycles. The van der Waals surface area contributed by atoms with Gasteiger partial charge in [-0.2, -0.15) is 5.10 Å². The van der Waals surface area contributed by atoms with E-state index in [4.69, 9.17) is 39.5 Å². The van der Waals surface area contributed by atoms with Crippen molar-refractivity contribution in [1.29, 1.82) is 0 Å². The highest BCUT2D eigenvalue weighted by atomic mass is 35.5. The van der Waals surface area contributed by atoms with Crippen molar-refractivity contribution in [3.8, 4) is 5.75 Å². The van der Waals surface area contributed by atoms with Crippen LogP contribution in [0.4, 0.5) is 5.69 Å². The lowest BCUT2D eigenvalue weighted by Gasteiger charge is -2.07. The van der Waals surface area contributed by atoms with E-state index in [2.05, 4.69) is 15.8 Å². The Balaban J connectivity index is 1.57. The normalized spacial score (nSPS) is 11.0. The van der Waals surface area contributed by atoms with E-state index in [-0.39, 0.29) is 5.69 Å². The Morgan fingerprint density at radius 2 is 1.33 bits per heavy atom. The maximum atomic E-state index is 12.2. The number of hydrogen-bond acceptors (Lipinski definition) is 5. The summed E-state index contributed by atoms with van der Waals surface area (Å²) in [5.41, 5.74) is 3.89. The fraction of sp³-hybridized carbons (Fsp3) is 0.0435. The molecule has 0 spiro atoms. The van der Waals surface area contributed by atoms with Crippen molar-refractivity contribution in [3.63, 3.8) is 0 Å². The predicted molar refractivity (Wildman–Crippen MR) is 128 cm³/mol. The van der Waals surface area contributed by atoms with Crippen LogP contribution in [0.15, 0.2) is 71.8 Å². The molecule has 3 aromatic carbocycles. The van der Waals surface area contributed by atoms with Gasteiger partial charge in [-0.3, -0.25) is 9.59 Å². The molecule has 0 fully saturated rings. The molecule has 0 atom stereocenters. The third kappa shape index (κ3) is 7.05. The van der Waals surface area contributed by atoms with Crippen LogP contribution in [0.25, 0.3) is 0 Å². The van der Waals surface area contributed by atoms with E-state index >= 15 is 0 Å². The van der Waals surface area contributed by atoms with Crippen LogP contribution in [0.1, 0.15) is 22.8 Å². The zero-order valence-electron chi connectivity index (χ0n) is 17.1. The Labute approximate surface area is 204 Å². The molecule has 0 saturated heterocycles. The SMILES string of the molecule is C/C(=N\NC(=O)C(=O)Nc1cc(Cl)cc(Cl)c1)c1ccc(OC(=O)c2ccc(Cl)cc2)cc1. The molecule has 0 aliphatic rings. The zero-order chi connectivity index (χ0) is 24.0. The number of carbonyl (C=O) groups excluding carboxylic acids is 3. The molecule has 3 rings (SSSR count). The second-order valence-corrected chi connectivity index (χ2v) is 7.98. The van der Waals surface area contributed by atoms with Crippen molar-refractivity contribution in [1.82, 2.24) is 5.43 Å². The number of nitrogens with zero attached hydrogens (tertiary/aromatic N) is 1. The summed E-state index contributed by atoms with van der Waals surface area (Å²) in [5.74, 6) is -2.10. The van der Waals surface area contributed by atoms with Crippen molar-refractivity contribution in [3.05, 3.63) is 92.9 Å². The second-order valence-electron chi connectivity index (χ2n) is 6.67. The largest absolute Gasteiger partial charge is 0.423 e. The number of halogens is 3. The highest BCUT2D eigenvalue weighted by Gasteiger charge is 2.14. The molecule has 2 N–H and O–H groups in total. The fourth-order valence-corrected chi connectivity index (χ4v) is 3.23. The average Bonchev–Trinajstić information content (AvgIpc) is 2.77. The fourth-order valence-electron chi connectivity index (χ4n) is 2.58. The molecule has 0 bridgehead atoms. The van der Waals surface area contributed by atoms with Gasteiger partial charge in [0.15, 0.2) is 0 Å². The molecule has 0 radical (unpaired) electrons. The lowest BCUT2D eigenvalue weighted by molar-refractivity contribution is -0.136. The Hall–Kier alpha value is -3.39. The number of hydrazone groups is 1. The van der Waals surface area contributed by atoms with Crippen molar-refractivity contribution in [2.45, 2.75) is 6.92 Å². The molecule has 0 unspecified atom stereocenters. The van der Waals surface area contributed by atoms with E-state index in [1.165, 1.54) is 18.2 Å². The number of anilines is 1. The Morgan fingerprint density at radius 1 is 0.758 bits per heavy atom. The minimum Gasteiger partial charge on any atom is -0.423 e. The lowest BCUT2D eigenvalue weighted by atomic mass is 10.1. The van der Waals surface area contributed by atoms with Crippen LogP contribution in [0, 0.1) is 0 Å². The van der Waals surface area contributed by atoms with Gasteiger partial charge in [-0.1, -0.05) is 34.8 Å². The number of esters is 1. The molecule has 0 aliphatic heterocycles. The third-order valence-corrected chi connectivity index (χ3v) is 4.90. The summed E-state index contributed by atoms with van der Waals surface area (Å²) in [6.45, 7) is 1.64. The number of hydrogen-bond donors (Lipinski definition) is 2. The first-order valence-electron chi connectivity index (χ1n) is 9.41. The monoisotopic (exact) mass is 503 g/mol. The number of rotatable bonds is 5. The van der Waals surface area contributed by atoms with E-state index in [9.17, 15) is 14.4 Å². The van der Waals surface area contributed by atoms with Crippen LogP contribution in [-0.2, 0) is 9.59 Å². The molecule has 0 aliphatic carbocycles. The van der Waals surface area contributed by atoms with E-state index in [0.29, 0.717) is 37.7 Å². The van der Waals surface area contributed by atoms with Crippen molar-refractivity contribution in [2.75, 3.05) is 5.32 Å². The predicted octanol–water partition coefficient (Wildman–Crippen LogP) is 5.34. The van der Waals surface area contributed by atoms with Gasteiger partial charge in [0.25, 0.3) is 0 Å². The van der Waals surface area contributed by atoms with E-state index in [1.54, 1.807) is 55.5 Å². The maximum Gasteiger partial charge on any atom is 0.343 e. The van der Waals surface area contributed by atoms with Gasteiger partial charge in [-0.15, -0.1) is 0 Å². The minimum atomic E-state index is -0.973. The Bertz CT molecular complexity index is 1210. The number of carbonyl (C=O) groups is 3. The minimum absolute atomic E-state index is 0.275. The van der Waals surface area contributed by atoms with Crippen LogP contribution >= 0.6 is 34.8 Å². The van der Waals surface area contributed by atoms with Gasteiger partial charge in [0.05, 0.1) is 11.3 Å². The summed E-state index contributed by atoms with van der Waals surface area (Å²) in [7, 11) is 0. The van der Waals surface area contributed by atoms with E-state index in [1.807, 2.05) is 0 Å². The second kappa shape index (κ2) is 11.0. The Kier molecular flexibility index (Phi) is 8.06. The molecule has 168 valence electrons. The van der Waals surface area contributed by atoms with Gasteiger partial charge in [0.2, 0.25) is 0 Å². The van der Waals surface area contributed by atoms with Gasteiger partial charge >= 0.3 is 17.8 Å². The zero-order valence-corrected chi connectivity index (χ0v) is 19.3. The lowest BCUT2D eigenvalue weighted by Crippen LogP contribution is -2.32. The first-order valence-corrected chi connectivity index (χ1v) is 10.5. The molecule has 2 amide bonds.